The van der Waals surface area contributed by atoms with Gasteiger partial charge in [0.05, 0.1) is 11.1 Å². The van der Waals surface area contributed by atoms with Crippen LogP contribution >= 0.6 is 0 Å². The monoisotopic (exact) mass is 392 g/mol. The summed E-state index contributed by atoms with van der Waals surface area (Å²) in [7, 11) is 0. The van der Waals surface area contributed by atoms with Gasteiger partial charge in [-0.2, -0.15) is 0 Å². The lowest BCUT2D eigenvalue weighted by Gasteiger charge is -2.30. The Kier molecular flexibility index (Phi) is 5.60. The van der Waals surface area contributed by atoms with Gasteiger partial charge in [0.2, 0.25) is 0 Å². The van der Waals surface area contributed by atoms with E-state index < -0.39 is 0 Å². The molecular weight excluding hydrogens is 364 g/mol. The van der Waals surface area contributed by atoms with Gasteiger partial charge in [-0.3, -0.25) is 19.6 Å². The summed E-state index contributed by atoms with van der Waals surface area (Å²) in [4.78, 5) is 37.5. The molecule has 2 atom stereocenters. The van der Waals surface area contributed by atoms with E-state index in [0.717, 1.165) is 56.8 Å². The van der Waals surface area contributed by atoms with Crippen LogP contribution < -0.4 is 0 Å². The molecule has 2 aliphatic rings. The van der Waals surface area contributed by atoms with E-state index in [2.05, 4.69) is 16.9 Å². The molecule has 2 saturated heterocycles. The van der Waals surface area contributed by atoms with E-state index in [1.54, 1.807) is 12.4 Å². The maximum Gasteiger partial charge on any atom is 0.255 e. The second-order valence-electron chi connectivity index (χ2n) is 8.35. The van der Waals surface area contributed by atoms with Gasteiger partial charge in [0, 0.05) is 50.0 Å². The lowest BCUT2D eigenvalue weighted by molar-refractivity contribution is 0.0651. The van der Waals surface area contributed by atoms with Crippen molar-refractivity contribution in [2.75, 3.05) is 26.2 Å². The Bertz CT molecular complexity index is 875. The van der Waals surface area contributed by atoms with E-state index in [1.165, 1.54) is 0 Å². The lowest BCUT2D eigenvalue weighted by atomic mass is 9.92. The van der Waals surface area contributed by atoms with Gasteiger partial charge in [0.15, 0.2) is 0 Å². The Morgan fingerprint density at radius 3 is 2.28 bits per heavy atom. The number of nitrogens with zero attached hydrogens (tertiary/aromatic N) is 4. The summed E-state index contributed by atoms with van der Waals surface area (Å²) in [6, 6.07) is 7.61. The average molecular weight is 393 g/mol. The molecule has 0 N–H and O–H groups in total. The standard InChI is InChI=1S/C23H28N4O2/c1-16(21-7-6-20(14-25-21)22(28)26-9-3-10-26)12-18-8-11-27(15-18)23(29)19-5-4-17(2)24-13-19/h4-7,13-14,16,18H,3,8-12,15H2,1-2H3. The topological polar surface area (TPSA) is 66.4 Å². The maximum absolute atomic E-state index is 12.7. The van der Waals surface area contributed by atoms with Crippen LogP contribution in [0.5, 0.6) is 0 Å². The van der Waals surface area contributed by atoms with Crippen molar-refractivity contribution in [2.24, 2.45) is 5.92 Å². The molecule has 0 saturated carbocycles. The highest BCUT2D eigenvalue weighted by Gasteiger charge is 2.29. The number of carbonyl (C=O) groups is 2. The Hall–Kier alpha value is -2.76. The Morgan fingerprint density at radius 1 is 1.00 bits per heavy atom. The van der Waals surface area contributed by atoms with Gasteiger partial charge in [-0.05, 0) is 62.3 Å². The molecule has 0 radical (unpaired) electrons. The Balaban J connectivity index is 1.32. The molecule has 0 aliphatic carbocycles. The van der Waals surface area contributed by atoms with Crippen LogP contribution in [0.4, 0.5) is 0 Å². The highest BCUT2D eigenvalue weighted by molar-refractivity contribution is 5.94. The number of aryl methyl sites for hydroxylation is 1. The third kappa shape index (κ3) is 4.31. The van der Waals surface area contributed by atoms with Gasteiger partial charge in [0.1, 0.15) is 0 Å². The quantitative estimate of drug-likeness (QED) is 0.783. The van der Waals surface area contributed by atoms with Gasteiger partial charge >= 0.3 is 0 Å². The van der Waals surface area contributed by atoms with E-state index in [-0.39, 0.29) is 11.8 Å². The fraction of sp³-hybridized carbons (Fsp3) is 0.478. The second kappa shape index (κ2) is 8.31. The second-order valence-corrected chi connectivity index (χ2v) is 8.35. The van der Waals surface area contributed by atoms with Crippen LogP contribution in [0, 0.1) is 12.8 Å². The third-order valence-corrected chi connectivity index (χ3v) is 6.10. The number of hydrogen-bond acceptors (Lipinski definition) is 4. The smallest absolute Gasteiger partial charge is 0.255 e. The predicted octanol–water partition coefficient (Wildman–Crippen LogP) is 3.29. The van der Waals surface area contributed by atoms with Gasteiger partial charge in [0.25, 0.3) is 11.8 Å². The average Bonchev–Trinajstić information content (AvgIpc) is 3.15. The zero-order chi connectivity index (χ0) is 20.4. The third-order valence-electron chi connectivity index (χ3n) is 6.10. The van der Waals surface area contributed by atoms with Crippen LogP contribution in [0.3, 0.4) is 0 Å². The molecule has 6 nitrogen and oxygen atoms in total. The minimum Gasteiger partial charge on any atom is -0.338 e. The fourth-order valence-electron chi connectivity index (χ4n) is 4.13. The fourth-order valence-corrected chi connectivity index (χ4v) is 4.13. The summed E-state index contributed by atoms with van der Waals surface area (Å²) in [5.41, 5.74) is 3.26. The molecule has 2 unspecified atom stereocenters. The first kappa shape index (κ1) is 19.6. The molecule has 2 fully saturated rings. The predicted molar refractivity (Wildman–Crippen MR) is 111 cm³/mol. The molecule has 2 aliphatic heterocycles. The number of hydrogen-bond donors (Lipinski definition) is 0. The van der Waals surface area contributed by atoms with Crippen LogP contribution in [0.25, 0.3) is 0 Å². The van der Waals surface area contributed by atoms with Gasteiger partial charge < -0.3 is 9.80 Å². The first-order chi connectivity index (χ1) is 14.0. The highest BCUT2D eigenvalue weighted by Crippen LogP contribution is 2.29. The summed E-state index contributed by atoms with van der Waals surface area (Å²) in [6.45, 7) is 7.37. The van der Waals surface area contributed by atoms with Crippen molar-refractivity contribution in [3.05, 3.63) is 59.2 Å². The number of likely N-dealkylation sites (tertiary alicyclic amines) is 2. The van der Waals surface area contributed by atoms with Crippen molar-refractivity contribution in [1.29, 1.82) is 0 Å². The molecule has 0 bridgehead atoms. The summed E-state index contributed by atoms with van der Waals surface area (Å²) in [5.74, 6) is 0.916. The van der Waals surface area contributed by atoms with E-state index >= 15 is 0 Å². The number of carbonyl (C=O) groups excluding carboxylic acids is 2. The zero-order valence-corrected chi connectivity index (χ0v) is 17.2. The number of aromatic nitrogens is 2. The van der Waals surface area contributed by atoms with Crippen LogP contribution in [-0.4, -0.2) is 57.8 Å². The summed E-state index contributed by atoms with van der Waals surface area (Å²) in [6.07, 6.45) is 6.47. The number of rotatable bonds is 5. The van der Waals surface area contributed by atoms with Gasteiger partial charge in [-0.25, -0.2) is 0 Å². The molecule has 6 heteroatoms. The Morgan fingerprint density at radius 2 is 1.69 bits per heavy atom. The molecule has 2 aromatic rings. The first-order valence-electron chi connectivity index (χ1n) is 10.5. The number of pyridine rings is 2. The zero-order valence-electron chi connectivity index (χ0n) is 17.2. The maximum atomic E-state index is 12.7. The van der Waals surface area contributed by atoms with E-state index in [1.807, 2.05) is 41.0 Å². The molecule has 4 rings (SSSR count). The van der Waals surface area contributed by atoms with E-state index in [4.69, 9.17) is 0 Å². The summed E-state index contributed by atoms with van der Waals surface area (Å²) >= 11 is 0. The SMILES string of the molecule is Cc1ccc(C(=O)N2CCC(CC(C)c3ccc(C(=O)N4CCC4)cn3)C2)cn1. The minimum atomic E-state index is 0.0691. The number of amides is 2. The van der Waals surface area contributed by atoms with Crippen molar-refractivity contribution in [3.63, 3.8) is 0 Å². The minimum absolute atomic E-state index is 0.0691. The van der Waals surface area contributed by atoms with Crippen LogP contribution in [0.2, 0.25) is 0 Å². The molecule has 2 aromatic heterocycles. The largest absolute Gasteiger partial charge is 0.338 e. The van der Waals surface area contributed by atoms with Crippen molar-refractivity contribution >= 4 is 11.8 Å². The van der Waals surface area contributed by atoms with Crippen LogP contribution in [-0.2, 0) is 0 Å². The first-order valence-corrected chi connectivity index (χ1v) is 10.5. The molecular formula is C23H28N4O2. The molecule has 152 valence electrons. The van der Waals surface area contributed by atoms with E-state index in [9.17, 15) is 9.59 Å². The Labute approximate surface area is 172 Å². The molecule has 2 amide bonds. The lowest BCUT2D eigenvalue weighted by Crippen LogP contribution is -2.42. The molecule has 0 aromatic carbocycles. The summed E-state index contributed by atoms with van der Waals surface area (Å²) < 4.78 is 0. The molecule has 29 heavy (non-hydrogen) atoms. The van der Waals surface area contributed by atoms with E-state index in [0.29, 0.717) is 23.0 Å². The van der Waals surface area contributed by atoms with Crippen molar-refractivity contribution in [2.45, 2.75) is 39.0 Å². The van der Waals surface area contributed by atoms with Crippen molar-refractivity contribution in [3.8, 4) is 0 Å². The van der Waals surface area contributed by atoms with Crippen LogP contribution in [0.1, 0.15) is 64.2 Å². The molecule has 0 spiro atoms. The van der Waals surface area contributed by atoms with Gasteiger partial charge in [-0.15, -0.1) is 0 Å². The summed E-state index contributed by atoms with van der Waals surface area (Å²) in [5, 5.41) is 0. The highest BCUT2D eigenvalue weighted by atomic mass is 16.2. The van der Waals surface area contributed by atoms with Crippen LogP contribution in [0.15, 0.2) is 36.7 Å². The molecule has 4 heterocycles. The van der Waals surface area contributed by atoms with Crippen molar-refractivity contribution in [1.82, 2.24) is 19.8 Å². The normalized spacial score (nSPS) is 19.7. The van der Waals surface area contributed by atoms with Gasteiger partial charge in [-0.1, -0.05) is 6.92 Å². The van der Waals surface area contributed by atoms with Crippen molar-refractivity contribution < 1.29 is 9.59 Å².